The van der Waals surface area contributed by atoms with Crippen LogP contribution >= 0.6 is 0 Å². The van der Waals surface area contributed by atoms with Crippen LogP contribution in [0.3, 0.4) is 0 Å². The monoisotopic (exact) mass is 245 g/mol. The third kappa shape index (κ3) is 2.72. The summed E-state index contributed by atoms with van der Waals surface area (Å²) in [5, 5.41) is 3.55. The third-order valence-electron chi connectivity index (χ3n) is 3.44. The van der Waals surface area contributed by atoms with Crippen molar-refractivity contribution in [2.45, 2.75) is 39.2 Å². The lowest BCUT2D eigenvalue weighted by Crippen LogP contribution is -2.31. The van der Waals surface area contributed by atoms with Gasteiger partial charge in [-0.15, -0.1) is 0 Å². The Labute approximate surface area is 109 Å². The first-order valence-corrected chi connectivity index (χ1v) is 6.90. The minimum absolute atomic E-state index is 0.538. The number of likely N-dealkylation sites (N-methyl/N-ethyl adjacent to an activating group) is 1. The number of rotatable bonds is 6. The Hall–Kier alpha value is -1.35. The van der Waals surface area contributed by atoms with Gasteiger partial charge in [-0.25, -0.2) is 4.98 Å². The predicted octanol–water partition coefficient (Wildman–Crippen LogP) is 2.89. The van der Waals surface area contributed by atoms with Gasteiger partial charge in [0.05, 0.1) is 11.0 Å². The van der Waals surface area contributed by atoms with Crippen LogP contribution in [0.15, 0.2) is 24.3 Å². The van der Waals surface area contributed by atoms with Crippen LogP contribution in [0.5, 0.6) is 0 Å². The Morgan fingerprint density at radius 3 is 2.72 bits per heavy atom. The predicted molar refractivity (Wildman–Crippen MR) is 76.8 cm³/mol. The highest BCUT2D eigenvalue weighted by atomic mass is 15.1. The van der Waals surface area contributed by atoms with Gasteiger partial charge in [-0.05, 0) is 25.1 Å². The molecule has 2 aromatic rings. The van der Waals surface area contributed by atoms with Gasteiger partial charge in [0.2, 0.25) is 0 Å². The molecule has 1 unspecified atom stereocenters. The van der Waals surface area contributed by atoms with Gasteiger partial charge < -0.3 is 9.88 Å². The Bertz CT molecular complexity index is 495. The Balaban J connectivity index is 2.22. The van der Waals surface area contributed by atoms with Gasteiger partial charge in [0.25, 0.3) is 0 Å². The molecule has 0 radical (unpaired) electrons. The zero-order valence-corrected chi connectivity index (χ0v) is 11.6. The summed E-state index contributed by atoms with van der Waals surface area (Å²) in [6.45, 7) is 5.42. The number of imidazole rings is 1. The van der Waals surface area contributed by atoms with E-state index in [-0.39, 0.29) is 0 Å². The number of aryl methyl sites for hydroxylation is 1. The van der Waals surface area contributed by atoms with Crippen molar-refractivity contribution in [2.24, 2.45) is 7.05 Å². The summed E-state index contributed by atoms with van der Waals surface area (Å²) in [5.41, 5.74) is 2.32. The van der Waals surface area contributed by atoms with E-state index in [0.717, 1.165) is 18.5 Å². The van der Waals surface area contributed by atoms with Crippen LogP contribution in [-0.4, -0.2) is 22.1 Å². The largest absolute Gasteiger partial charge is 0.331 e. The molecule has 3 nitrogen and oxygen atoms in total. The first kappa shape index (κ1) is 13.1. The first-order valence-electron chi connectivity index (χ1n) is 6.90. The van der Waals surface area contributed by atoms with Crippen molar-refractivity contribution in [3.8, 4) is 0 Å². The number of fused-ring (bicyclic) bond motifs is 1. The van der Waals surface area contributed by atoms with Gasteiger partial charge in [0.15, 0.2) is 0 Å². The van der Waals surface area contributed by atoms with E-state index in [1.54, 1.807) is 0 Å². The van der Waals surface area contributed by atoms with Crippen molar-refractivity contribution in [2.75, 3.05) is 6.54 Å². The highest BCUT2D eigenvalue weighted by Crippen LogP contribution is 2.16. The minimum atomic E-state index is 0.538. The second-order valence-corrected chi connectivity index (χ2v) is 4.82. The molecule has 0 saturated heterocycles. The molecule has 0 aliphatic rings. The fraction of sp³-hybridized carbons (Fsp3) is 0.533. The molecular weight excluding hydrogens is 222 g/mol. The van der Waals surface area contributed by atoms with E-state index >= 15 is 0 Å². The summed E-state index contributed by atoms with van der Waals surface area (Å²) in [7, 11) is 2.11. The van der Waals surface area contributed by atoms with Gasteiger partial charge in [0, 0.05) is 19.5 Å². The summed E-state index contributed by atoms with van der Waals surface area (Å²) >= 11 is 0. The van der Waals surface area contributed by atoms with Crippen LogP contribution in [0, 0.1) is 0 Å². The molecule has 0 spiro atoms. The molecule has 2 rings (SSSR count). The van der Waals surface area contributed by atoms with E-state index < -0.39 is 0 Å². The number of nitrogens with one attached hydrogen (secondary N) is 1. The number of aromatic nitrogens is 2. The van der Waals surface area contributed by atoms with Crippen molar-refractivity contribution in [1.82, 2.24) is 14.9 Å². The maximum Gasteiger partial charge on any atom is 0.111 e. The normalized spacial score (nSPS) is 13.1. The molecule has 0 amide bonds. The van der Waals surface area contributed by atoms with Gasteiger partial charge in [0.1, 0.15) is 5.82 Å². The zero-order valence-electron chi connectivity index (χ0n) is 11.6. The zero-order chi connectivity index (χ0) is 13.0. The summed E-state index contributed by atoms with van der Waals surface area (Å²) in [4.78, 5) is 4.74. The number of nitrogens with zero attached hydrogens (tertiary/aromatic N) is 2. The second kappa shape index (κ2) is 6.01. The molecule has 3 heteroatoms. The molecular formula is C15H23N3. The van der Waals surface area contributed by atoms with Crippen LogP contribution in [0.25, 0.3) is 11.0 Å². The lowest BCUT2D eigenvalue weighted by atomic mass is 10.1. The average Bonchev–Trinajstić information content (AvgIpc) is 2.68. The van der Waals surface area contributed by atoms with Crippen LogP contribution in [-0.2, 0) is 13.5 Å². The van der Waals surface area contributed by atoms with E-state index in [9.17, 15) is 0 Å². The molecule has 1 aromatic heterocycles. The maximum absolute atomic E-state index is 4.74. The number of hydrogen-bond donors (Lipinski definition) is 1. The van der Waals surface area contributed by atoms with E-state index in [1.165, 1.54) is 24.2 Å². The molecule has 0 aliphatic heterocycles. The summed E-state index contributed by atoms with van der Waals surface area (Å²) < 4.78 is 2.22. The summed E-state index contributed by atoms with van der Waals surface area (Å²) in [6, 6.07) is 8.87. The van der Waals surface area contributed by atoms with Gasteiger partial charge in [-0.3, -0.25) is 0 Å². The minimum Gasteiger partial charge on any atom is -0.331 e. The number of hydrogen-bond acceptors (Lipinski definition) is 2. The average molecular weight is 245 g/mol. The van der Waals surface area contributed by atoms with E-state index in [4.69, 9.17) is 4.98 Å². The summed E-state index contributed by atoms with van der Waals surface area (Å²) in [5.74, 6) is 1.18. The SMILES string of the molecule is CCCC(Cc1nc2ccccc2n1C)NCC. The van der Waals surface area contributed by atoms with Crippen LogP contribution in [0.2, 0.25) is 0 Å². The van der Waals surface area contributed by atoms with E-state index in [0.29, 0.717) is 6.04 Å². The molecule has 0 fully saturated rings. The second-order valence-electron chi connectivity index (χ2n) is 4.82. The van der Waals surface area contributed by atoms with Crippen LogP contribution in [0.4, 0.5) is 0 Å². The fourth-order valence-corrected chi connectivity index (χ4v) is 2.51. The van der Waals surface area contributed by atoms with Crippen molar-refractivity contribution in [3.63, 3.8) is 0 Å². The van der Waals surface area contributed by atoms with Crippen molar-refractivity contribution in [3.05, 3.63) is 30.1 Å². The number of para-hydroxylation sites is 2. The van der Waals surface area contributed by atoms with Gasteiger partial charge in [-0.2, -0.15) is 0 Å². The van der Waals surface area contributed by atoms with Crippen molar-refractivity contribution >= 4 is 11.0 Å². The molecule has 1 heterocycles. The smallest absolute Gasteiger partial charge is 0.111 e. The maximum atomic E-state index is 4.74. The van der Waals surface area contributed by atoms with Gasteiger partial charge >= 0.3 is 0 Å². The van der Waals surface area contributed by atoms with Crippen LogP contribution in [0.1, 0.15) is 32.5 Å². The molecule has 0 saturated carbocycles. The van der Waals surface area contributed by atoms with E-state index in [1.807, 2.05) is 6.07 Å². The van der Waals surface area contributed by atoms with Crippen molar-refractivity contribution < 1.29 is 0 Å². The third-order valence-corrected chi connectivity index (χ3v) is 3.44. The lowest BCUT2D eigenvalue weighted by molar-refractivity contribution is 0.473. The van der Waals surface area contributed by atoms with Crippen molar-refractivity contribution in [1.29, 1.82) is 0 Å². The molecule has 0 bridgehead atoms. The Kier molecular flexibility index (Phi) is 4.37. The molecule has 0 aliphatic carbocycles. The van der Waals surface area contributed by atoms with Crippen LogP contribution < -0.4 is 5.32 Å². The lowest BCUT2D eigenvalue weighted by Gasteiger charge is -2.16. The highest BCUT2D eigenvalue weighted by Gasteiger charge is 2.13. The van der Waals surface area contributed by atoms with E-state index in [2.05, 4.69) is 49.0 Å². The summed E-state index contributed by atoms with van der Waals surface area (Å²) in [6.07, 6.45) is 3.42. The Morgan fingerprint density at radius 1 is 1.28 bits per heavy atom. The topological polar surface area (TPSA) is 29.9 Å². The number of benzene rings is 1. The molecule has 1 aromatic carbocycles. The quantitative estimate of drug-likeness (QED) is 0.848. The first-order chi connectivity index (χ1) is 8.76. The standard InChI is InChI=1S/C15H23N3/c1-4-8-12(16-5-2)11-15-17-13-9-6-7-10-14(13)18(15)3/h6-7,9-10,12,16H,4-5,8,11H2,1-3H3. The Morgan fingerprint density at radius 2 is 2.06 bits per heavy atom. The molecule has 18 heavy (non-hydrogen) atoms. The molecule has 1 atom stereocenters. The molecule has 98 valence electrons. The van der Waals surface area contributed by atoms with Gasteiger partial charge in [-0.1, -0.05) is 32.4 Å². The molecule has 1 N–H and O–H groups in total. The highest BCUT2D eigenvalue weighted by molar-refractivity contribution is 5.75. The fourth-order valence-electron chi connectivity index (χ4n) is 2.51.